The molecule has 0 radical (unpaired) electrons. The topological polar surface area (TPSA) is 53.5 Å². The molecule has 17 heavy (non-hydrogen) atoms. The molecule has 1 aliphatic heterocycles. The molecule has 0 spiro atoms. The van der Waals surface area contributed by atoms with Gasteiger partial charge in [-0.1, -0.05) is 18.9 Å². The van der Waals surface area contributed by atoms with E-state index in [9.17, 15) is 4.79 Å². The van der Waals surface area contributed by atoms with Gasteiger partial charge < -0.3 is 10.6 Å². The Labute approximate surface area is 103 Å². The molecule has 1 amide bonds. The van der Waals surface area contributed by atoms with Gasteiger partial charge in [-0.2, -0.15) is 0 Å². The fourth-order valence-corrected chi connectivity index (χ4v) is 1.50. The second kappa shape index (κ2) is 7.65. The number of amides is 1. The van der Waals surface area contributed by atoms with Gasteiger partial charge in [0.05, 0.1) is 13.1 Å². The van der Waals surface area contributed by atoms with E-state index >= 15 is 0 Å². The first-order chi connectivity index (χ1) is 8.22. The van der Waals surface area contributed by atoms with Crippen LogP contribution < -0.4 is 10.6 Å². The SMILES string of the molecule is CCCC/C(C)=C/C(=O)NCC1=NCC=CN1. The summed E-state index contributed by atoms with van der Waals surface area (Å²) in [4.78, 5) is 15.8. The maximum absolute atomic E-state index is 11.6. The van der Waals surface area contributed by atoms with E-state index in [1.165, 1.54) is 0 Å². The summed E-state index contributed by atoms with van der Waals surface area (Å²) in [6.07, 6.45) is 8.73. The minimum atomic E-state index is -0.0438. The number of carbonyl (C=O) groups is 1. The molecule has 0 aliphatic carbocycles. The normalized spacial score (nSPS) is 15.2. The van der Waals surface area contributed by atoms with E-state index in [1.807, 2.05) is 19.2 Å². The summed E-state index contributed by atoms with van der Waals surface area (Å²) in [6, 6.07) is 0. The molecule has 0 saturated heterocycles. The first kappa shape index (κ1) is 13.5. The number of hydrogen-bond acceptors (Lipinski definition) is 3. The molecule has 0 aromatic heterocycles. The number of nitrogens with one attached hydrogen (secondary N) is 2. The van der Waals surface area contributed by atoms with Gasteiger partial charge in [0.1, 0.15) is 5.84 Å². The predicted molar refractivity (Wildman–Crippen MR) is 70.9 cm³/mol. The van der Waals surface area contributed by atoms with Crippen LogP contribution in [0.3, 0.4) is 0 Å². The molecule has 0 unspecified atom stereocenters. The summed E-state index contributed by atoms with van der Waals surface area (Å²) in [7, 11) is 0. The van der Waals surface area contributed by atoms with E-state index in [0.29, 0.717) is 13.1 Å². The Balaban J connectivity index is 2.27. The van der Waals surface area contributed by atoms with Crippen molar-refractivity contribution in [3.8, 4) is 0 Å². The quantitative estimate of drug-likeness (QED) is 0.689. The Morgan fingerprint density at radius 2 is 2.47 bits per heavy atom. The van der Waals surface area contributed by atoms with Crippen molar-refractivity contribution in [2.45, 2.75) is 33.1 Å². The van der Waals surface area contributed by atoms with Crippen molar-refractivity contribution in [3.63, 3.8) is 0 Å². The summed E-state index contributed by atoms with van der Waals surface area (Å²) in [5.41, 5.74) is 1.13. The molecule has 0 bridgehead atoms. The standard InChI is InChI=1S/C13H21N3O/c1-3-4-6-11(2)9-13(17)16-10-12-14-7-5-8-15-12/h5,7,9H,3-4,6,8,10H2,1-2H3,(H,14,15)(H,16,17)/b11-9+. The van der Waals surface area contributed by atoms with Crippen molar-refractivity contribution in [3.05, 3.63) is 23.9 Å². The zero-order valence-corrected chi connectivity index (χ0v) is 10.6. The molecular weight excluding hydrogens is 214 g/mol. The van der Waals surface area contributed by atoms with Crippen LogP contribution in [0.5, 0.6) is 0 Å². The van der Waals surface area contributed by atoms with Crippen LogP contribution in [-0.2, 0) is 4.79 Å². The molecule has 94 valence electrons. The van der Waals surface area contributed by atoms with Crippen molar-refractivity contribution in [1.82, 2.24) is 10.6 Å². The summed E-state index contributed by atoms with van der Waals surface area (Å²) in [5.74, 6) is 0.762. The number of unbranched alkanes of at least 4 members (excludes halogenated alkanes) is 1. The number of rotatable bonds is 6. The molecule has 1 rings (SSSR count). The maximum atomic E-state index is 11.6. The minimum absolute atomic E-state index is 0.0438. The summed E-state index contributed by atoms with van der Waals surface area (Å²) < 4.78 is 0. The second-order valence-corrected chi connectivity index (χ2v) is 4.15. The summed E-state index contributed by atoms with van der Waals surface area (Å²) in [5, 5.41) is 5.81. The molecular formula is C13H21N3O. The Kier molecular flexibility index (Phi) is 6.07. The van der Waals surface area contributed by atoms with Gasteiger partial charge in [-0.3, -0.25) is 9.79 Å². The first-order valence-electron chi connectivity index (χ1n) is 6.12. The van der Waals surface area contributed by atoms with Gasteiger partial charge in [0.15, 0.2) is 0 Å². The van der Waals surface area contributed by atoms with E-state index in [-0.39, 0.29) is 5.91 Å². The van der Waals surface area contributed by atoms with Crippen LogP contribution in [0.2, 0.25) is 0 Å². The number of nitrogens with zero attached hydrogens (tertiary/aromatic N) is 1. The van der Waals surface area contributed by atoms with Crippen molar-refractivity contribution in [2.24, 2.45) is 4.99 Å². The van der Waals surface area contributed by atoms with Crippen LogP contribution in [-0.4, -0.2) is 24.8 Å². The van der Waals surface area contributed by atoms with E-state index in [2.05, 4.69) is 22.5 Å². The third-order valence-corrected chi connectivity index (χ3v) is 2.49. The van der Waals surface area contributed by atoms with Crippen LogP contribution in [0.25, 0.3) is 0 Å². The van der Waals surface area contributed by atoms with Crippen molar-refractivity contribution >= 4 is 11.7 Å². The minimum Gasteiger partial charge on any atom is -0.349 e. The highest BCUT2D eigenvalue weighted by molar-refractivity contribution is 5.93. The molecule has 4 heteroatoms. The predicted octanol–water partition coefficient (Wildman–Crippen LogP) is 1.75. The zero-order chi connectivity index (χ0) is 12.5. The Hall–Kier alpha value is -1.58. The van der Waals surface area contributed by atoms with E-state index in [0.717, 1.165) is 30.7 Å². The monoisotopic (exact) mass is 235 g/mol. The first-order valence-corrected chi connectivity index (χ1v) is 6.12. The Bertz CT molecular complexity index is 343. The second-order valence-electron chi connectivity index (χ2n) is 4.15. The number of amidine groups is 1. The van der Waals surface area contributed by atoms with Crippen LogP contribution in [0.4, 0.5) is 0 Å². The molecule has 0 aromatic rings. The highest BCUT2D eigenvalue weighted by Crippen LogP contribution is 2.05. The van der Waals surface area contributed by atoms with Gasteiger partial charge in [0, 0.05) is 12.3 Å². The lowest BCUT2D eigenvalue weighted by atomic mass is 10.1. The van der Waals surface area contributed by atoms with Gasteiger partial charge >= 0.3 is 0 Å². The van der Waals surface area contributed by atoms with Crippen molar-refractivity contribution in [2.75, 3.05) is 13.1 Å². The van der Waals surface area contributed by atoms with Crippen molar-refractivity contribution < 1.29 is 4.79 Å². The number of allylic oxidation sites excluding steroid dienone is 1. The van der Waals surface area contributed by atoms with Gasteiger partial charge in [0.2, 0.25) is 5.91 Å². The largest absolute Gasteiger partial charge is 0.349 e. The van der Waals surface area contributed by atoms with Crippen molar-refractivity contribution in [1.29, 1.82) is 0 Å². The fourth-order valence-electron chi connectivity index (χ4n) is 1.50. The molecule has 1 aliphatic rings. The molecule has 0 aromatic carbocycles. The Morgan fingerprint density at radius 3 is 3.12 bits per heavy atom. The van der Waals surface area contributed by atoms with Gasteiger partial charge in [-0.25, -0.2) is 0 Å². The van der Waals surface area contributed by atoms with Crippen LogP contribution in [0.15, 0.2) is 28.9 Å². The molecule has 0 atom stereocenters. The highest BCUT2D eigenvalue weighted by Gasteiger charge is 2.02. The fraction of sp³-hybridized carbons (Fsp3) is 0.538. The number of carbonyl (C=O) groups excluding carboxylic acids is 1. The van der Waals surface area contributed by atoms with E-state index in [4.69, 9.17) is 0 Å². The average molecular weight is 235 g/mol. The molecule has 2 N–H and O–H groups in total. The van der Waals surface area contributed by atoms with Gasteiger partial charge in [-0.05, 0) is 25.8 Å². The lowest BCUT2D eigenvalue weighted by Crippen LogP contribution is -2.35. The third-order valence-electron chi connectivity index (χ3n) is 2.49. The maximum Gasteiger partial charge on any atom is 0.244 e. The van der Waals surface area contributed by atoms with Gasteiger partial charge in [-0.15, -0.1) is 0 Å². The molecule has 0 fully saturated rings. The molecule has 0 saturated carbocycles. The highest BCUT2D eigenvalue weighted by atomic mass is 16.1. The average Bonchev–Trinajstić information content (AvgIpc) is 2.35. The van der Waals surface area contributed by atoms with Crippen LogP contribution >= 0.6 is 0 Å². The molecule has 4 nitrogen and oxygen atoms in total. The lowest BCUT2D eigenvalue weighted by Gasteiger charge is -2.10. The smallest absolute Gasteiger partial charge is 0.244 e. The third kappa shape index (κ3) is 5.90. The number of aliphatic imine (C=N–C) groups is 1. The van der Waals surface area contributed by atoms with Crippen LogP contribution in [0.1, 0.15) is 33.1 Å². The summed E-state index contributed by atoms with van der Waals surface area (Å²) >= 11 is 0. The molecule has 1 heterocycles. The number of hydrogen-bond donors (Lipinski definition) is 2. The lowest BCUT2D eigenvalue weighted by molar-refractivity contribution is -0.116. The van der Waals surface area contributed by atoms with E-state index in [1.54, 1.807) is 6.08 Å². The zero-order valence-electron chi connectivity index (χ0n) is 10.6. The van der Waals surface area contributed by atoms with E-state index < -0.39 is 0 Å². The summed E-state index contributed by atoms with van der Waals surface area (Å²) in [6.45, 7) is 5.28. The Morgan fingerprint density at radius 1 is 1.65 bits per heavy atom. The van der Waals surface area contributed by atoms with Crippen LogP contribution in [0, 0.1) is 0 Å². The van der Waals surface area contributed by atoms with Gasteiger partial charge in [0.25, 0.3) is 0 Å².